The molecular weight excluding hydrogens is 381 g/mol. The van der Waals surface area contributed by atoms with Crippen molar-refractivity contribution in [3.8, 4) is 0 Å². The van der Waals surface area contributed by atoms with E-state index in [1.165, 1.54) is 0 Å². The van der Waals surface area contributed by atoms with Crippen molar-refractivity contribution in [3.63, 3.8) is 0 Å². The molecule has 2 aliphatic rings. The summed E-state index contributed by atoms with van der Waals surface area (Å²) < 4.78 is 38.4. The number of piperidine rings is 1. The van der Waals surface area contributed by atoms with Crippen molar-refractivity contribution in [3.05, 3.63) is 34.3 Å². The van der Waals surface area contributed by atoms with Crippen molar-refractivity contribution >= 4 is 23.4 Å². The van der Waals surface area contributed by atoms with Gasteiger partial charge in [0.25, 0.3) is 0 Å². The van der Waals surface area contributed by atoms with Gasteiger partial charge in [-0.05, 0) is 54.9 Å². The van der Waals surface area contributed by atoms with Crippen molar-refractivity contribution in [2.24, 2.45) is 11.8 Å². The number of amides is 2. The molecule has 0 radical (unpaired) electrons. The second-order valence-electron chi connectivity index (χ2n) is 7.27. The number of nitrogens with one attached hydrogen (secondary N) is 2. The number of hydrogen-bond donors (Lipinski definition) is 2. The van der Waals surface area contributed by atoms with Gasteiger partial charge in [0, 0.05) is 5.02 Å². The lowest BCUT2D eigenvalue weighted by molar-refractivity contribution is -0.171. The summed E-state index contributed by atoms with van der Waals surface area (Å²) >= 11 is 6.06. The summed E-state index contributed by atoms with van der Waals surface area (Å²) in [7, 11) is 0. The predicted octanol–water partition coefficient (Wildman–Crippen LogP) is 3.93. The van der Waals surface area contributed by atoms with E-state index in [2.05, 4.69) is 5.32 Å². The molecule has 1 heterocycles. The minimum atomic E-state index is -4.49. The van der Waals surface area contributed by atoms with Crippen LogP contribution in [0.25, 0.3) is 0 Å². The first-order valence-corrected chi connectivity index (χ1v) is 9.54. The molecule has 1 aliphatic heterocycles. The zero-order chi connectivity index (χ0) is 19.8. The second-order valence-corrected chi connectivity index (χ2v) is 7.71. The summed E-state index contributed by atoms with van der Waals surface area (Å²) in [6, 6.07) is 3.37. The smallest absolute Gasteiger partial charge is 0.348 e. The van der Waals surface area contributed by atoms with Crippen molar-refractivity contribution in [1.82, 2.24) is 10.6 Å². The molecule has 148 valence electrons. The first-order chi connectivity index (χ1) is 12.7. The molecule has 0 aromatic heterocycles. The topological polar surface area (TPSA) is 58.2 Å². The number of hydrogen-bond acceptors (Lipinski definition) is 2. The molecule has 2 amide bonds. The maximum atomic E-state index is 12.8. The summed E-state index contributed by atoms with van der Waals surface area (Å²) in [5.74, 6) is -2.27. The van der Waals surface area contributed by atoms with Crippen LogP contribution in [0, 0.1) is 11.8 Å². The predicted molar refractivity (Wildman–Crippen MR) is 95.1 cm³/mol. The van der Waals surface area contributed by atoms with Crippen LogP contribution in [-0.4, -0.2) is 24.0 Å². The highest BCUT2D eigenvalue weighted by molar-refractivity contribution is 6.30. The fourth-order valence-electron chi connectivity index (χ4n) is 4.05. The first kappa shape index (κ1) is 20.0. The van der Waals surface area contributed by atoms with Crippen molar-refractivity contribution in [2.45, 2.75) is 57.3 Å². The summed E-state index contributed by atoms with van der Waals surface area (Å²) in [6.07, 6.45) is -2.31. The molecule has 0 saturated carbocycles. The van der Waals surface area contributed by atoms with Gasteiger partial charge in [-0.2, -0.15) is 13.2 Å². The molecule has 1 aliphatic carbocycles. The average Bonchev–Trinajstić information content (AvgIpc) is 2.60. The van der Waals surface area contributed by atoms with Gasteiger partial charge in [-0.1, -0.05) is 31.0 Å². The van der Waals surface area contributed by atoms with Crippen LogP contribution in [0.15, 0.2) is 18.2 Å². The Morgan fingerprint density at radius 1 is 1.30 bits per heavy atom. The molecule has 27 heavy (non-hydrogen) atoms. The van der Waals surface area contributed by atoms with Gasteiger partial charge in [0.15, 0.2) is 0 Å². The molecule has 0 spiro atoms. The highest BCUT2D eigenvalue weighted by Crippen LogP contribution is 2.38. The normalized spacial score (nSPS) is 28.3. The van der Waals surface area contributed by atoms with Crippen LogP contribution in [0.3, 0.4) is 0 Å². The quantitative estimate of drug-likeness (QED) is 0.753. The van der Waals surface area contributed by atoms with E-state index in [-0.39, 0.29) is 24.8 Å². The standard InChI is InChI=1S/C19H22ClF3N2O2/c1-2-10-3-4-11-9-12(20)5-6-13(11)16(10)25-18(27)14-7-8-15(19(21,22)23)24-17(14)26/h5-6,9-10,14-16H,2-4,7-8H2,1H3,(H,24,26)(H,25,27). The Balaban J connectivity index is 1.74. The molecule has 1 aromatic carbocycles. The number of halogens is 4. The molecule has 8 heteroatoms. The summed E-state index contributed by atoms with van der Waals surface area (Å²) in [5, 5.41) is 5.48. The first-order valence-electron chi connectivity index (χ1n) is 9.16. The Labute approximate surface area is 160 Å². The lowest BCUT2D eigenvalue weighted by Gasteiger charge is -2.36. The molecule has 4 unspecified atom stereocenters. The minimum Gasteiger partial charge on any atom is -0.348 e. The summed E-state index contributed by atoms with van der Waals surface area (Å²) in [4.78, 5) is 24.8. The SMILES string of the molecule is CCC1CCc2cc(Cl)ccc2C1NC(=O)C1CCC(C(F)(F)F)NC1=O. The Morgan fingerprint density at radius 3 is 2.67 bits per heavy atom. The van der Waals surface area contributed by atoms with Crippen LogP contribution < -0.4 is 10.6 Å². The Morgan fingerprint density at radius 2 is 2.04 bits per heavy atom. The van der Waals surface area contributed by atoms with E-state index in [1.54, 1.807) is 6.07 Å². The highest BCUT2D eigenvalue weighted by atomic mass is 35.5. The van der Waals surface area contributed by atoms with Crippen LogP contribution in [0.1, 0.15) is 49.8 Å². The van der Waals surface area contributed by atoms with Gasteiger partial charge in [0.2, 0.25) is 11.8 Å². The monoisotopic (exact) mass is 402 g/mol. The van der Waals surface area contributed by atoms with Crippen LogP contribution in [0.2, 0.25) is 5.02 Å². The van der Waals surface area contributed by atoms with Crippen LogP contribution in [0.5, 0.6) is 0 Å². The molecule has 2 N–H and O–H groups in total. The van der Waals surface area contributed by atoms with Gasteiger partial charge >= 0.3 is 6.18 Å². The second kappa shape index (κ2) is 7.70. The Kier molecular flexibility index (Phi) is 5.70. The maximum absolute atomic E-state index is 12.8. The van der Waals surface area contributed by atoms with Gasteiger partial charge in [-0.15, -0.1) is 0 Å². The van der Waals surface area contributed by atoms with E-state index in [1.807, 2.05) is 24.4 Å². The van der Waals surface area contributed by atoms with E-state index in [0.29, 0.717) is 5.02 Å². The lowest BCUT2D eigenvalue weighted by Crippen LogP contribution is -2.55. The van der Waals surface area contributed by atoms with E-state index in [0.717, 1.165) is 30.4 Å². The maximum Gasteiger partial charge on any atom is 0.408 e. The Bertz CT molecular complexity index is 738. The molecule has 1 fully saturated rings. The van der Waals surface area contributed by atoms with Gasteiger partial charge in [-0.3, -0.25) is 9.59 Å². The number of alkyl halides is 3. The summed E-state index contributed by atoms with van der Waals surface area (Å²) in [5.41, 5.74) is 2.03. The van der Waals surface area contributed by atoms with Gasteiger partial charge in [0.1, 0.15) is 12.0 Å². The van der Waals surface area contributed by atoms with E-state index < -0.39 is 30.0 Å². The van der Waals surface area contributed by atoms with E-state index >= 15 is 0 Å². The van der Waals surface area contributed by atoms with E-state index in [9.17, 15) is 22.8 Å². The highest BCUT2D eigenvalue weighted by Gasteiger charge is 2.46. The number of carbonyl (C=O) groups excluding carboxylic acids is 2. The number of carbonyl (C=O) groups is 2. The number of benzene rings is 1. The molecule has 4 atom stereocenters. The van der Waals surface area contributed by atoms with Crippen molar-refractivity contribution in [2.75, 3.05) is 0 Å². The number of fused-ring (bicyclic) bond motifs is 1. The van der Waals surface area contributed by atoms with Gasteiger partial charge < -0.3 is 10.6 Å². The van der Waals surface area contributed by atoms with Crippen LogP contribution in [0.4, 0.5) is 13.2 Å². The third-order valence-electron chi connectivity index (χ3n) is 5.61. The number of rotatable bonds is 3. The molecule has 3 rings (SSSR count). The van der Waals surface area contributed by atoms with E-state index in [4.69, 9.17) is 11.6 Å². The van der Waals surface area contributed by atoms with Crippen molar-refractivity contribution in [1.29, 1.82) is 0 Å². The van der Waals surface area contributed by atoms with Crippen LogP contribution in [-0.2, 0) is 16.0 Å². The third-order valence-corrected chi connectivity index (χ3v) is 5.84. The lowest BCUT2D eigenvalue weighted by atomic mass is 9.78. The fraction of sp³-hybridized carbons (Fsp3) is 0.579. The average molecular weight is 403 g/mol. The third kappa shape index (κ3) is 4.23. The summed E-state index contributed by atoms with van der Waals surface area (Å²) in [6.45, 7) is 2.03. The zero-order valence-electron chi connectivity index (χ0n) is 14.9. The van der Waals surface area contributed by atoms with Gasteiger partial charge in [0.05, 0.1) is 6.04 Å². The van der Waals surface area contributed by atoms with Crippen LogP contribution >= 0.6 is 11.6 Å². The molecule has 4 nitrogen and oxygen atoms in total. The molecular formula is C19H22ClF3N2O2. The largest absolute Gasteiger partial charge is 0.408 e. The number of aryl methyl sites for hydroxylation is 1. The molecule has 0 bridgehead atoms. The van der Waals surface area contributed by atoms with Gasteiger partial charge in [-0.25, -0.2) is 0 Å². The molecule has 1 aromatic rings. The van der Waals surface area contributed by atoms with Crippen molar-refractivity contribution < 1.29 is 22.8 Å². The molecule has 1 saturated heterocycles. The zero-order valence-corrected chi connectivity index (χ0v) is 15.7. The fourth-order valence-corrected chi connectivity index (χ4v) is 4.24. The minimum absolute atomic E-state index is 0.112. The Hall–Kier alpha value is -1.76.